The monoisotopic (exact) mass is 565 g/mol. The van der Waals surface area contributed by atoms with Crippen molar-refractivity contribution in [1.29, 1.82) is 0 Å². The van der Waals surface area contributed by atoms with Crippen LogP contribution in [0.3, 0.4) is 0 Å². The van der Waals surface area contributed by atoms with Crippen LogP contribution in [-0.2, 0) is 11.4 Å². The number of carbonyl (C=O) groups excluding carboxylic acids is 1. The molecule has 4 aromatic carbocycles. The summed E-state index contributed by atoms with van der Waals surface area (Å²) in [5.41, 5.74) is 2.56. The number of para-hydroxylation sites is 1. The van der Waals surface area contributed by atoms with Crippen molar-refractivity contribution in [3.05, 3.63) is 110 Å². The summed E-state index contributed by atoms with van der Waals surface area (Å²) < 4.78 is 7.43. The van der Waals surface area contributed by atoms with E-state index in [1.165, 1.54) is 22.0 Å². The second-order valence-electron chi connectivity index (χ2n) is 7.58. The predicted molar refractivity (Wildman–Crippen MR) is 150 cm³/mol. The highest BCUT2D eigenvalue weighted by atomic mass is 79.9. The Hall–Kier alpha value is -2.64. The average molecular weight is 567 g/mol. The number of thioether (sulfide) groups is 1. The lowest BCUT2D eigenvalue weighted by Crippen LogP contribution is -2.27. The lowest BCUT2D eigenvalue weighted by Gasteiger charge is -2.15. The number of fused-ring (bicyclic) bond motifs is 1. The molecule has 5 rings (SSSR count). The Morgan fingerprint density at radius 1 is 1.00 bits per heavy atom. The molecular formula is C27H17BrClNO2S2. The Morgan fingerprint density at radius 2 is 1.76 bits per heavy atom. The van der Waals surface area contributed by atoms with Gasteiger partial charge in [0, 0.05) is 10.0 Å². The molecule has 0 aromatic heterocycles. The van der Waals surface area contributed by atoms with Gasteiger partial charge in [-0.05, 0) is 62.6 Å². The largest absolute Gasteiger partial charge is 0.488 e. The summed E-state index contributed by atoms with van der Waals surface area (Å²) >= 11 is 16.4. The summed E-state index contributed by atoms with van der Waals surface area (Å²) in [6.07, 6.45) is 1.83. The Balaban J connectivity index is 1.41. The van der Waals surface area contributed by atoms with Gasteiger partial charge in [0.05, 0.1) is 15.6 Å². The van der Waals surface area contributed by atoms with Gasteiger partial charge in [-0.25, -0.2) is 0 Å². The van der Waals surface area contributed by atoms with Gasteiger partial charge >= 0.3 is 0 Å². The van der Waals surface area contributed by atoms with Crippen molar-refractivity contribution >= 4 is 84.3 Å². The van der Waals surface area contributed by atoms with Gasteiger partial charge in [0.2, 0.25) is 0 Å². The maximum atomic E-state index is 13.2. The van der Waals surface area contributed by atoms with Crippen LogP contribution in [0, 0.1) is 0 Å². The maximum Gasteiger partial charge on any atom is 0.270 e. The fraction of sp³-hybridized carbons (Fsp3) is 0.0370. The van der Waals surface area contributed by atoms with Crippen LogP contribution in [0.4, 0.5) is 5.69 Å². The van der Waals surface area contributed by atoms with Crippen LogP contribution in [0.2, 0.25) is 5.02 Å². The van der Waals surface area contributed by atoms with Crippen molar-refractivity contribution in [2.24, 2.45) is 0 Å². The van der Waals surface area contributed by atoms with Gasteiger partial charge in [-0.15, -0.1) is 0 Å². The number of hydrogen-bond donors (Lipinski definition) is 0. The number of hydrogen-bond acceptors (Lipinski definition) is 4. The third-order valence-corrected chi connectivity index (χ3v) is 7.96. The highest BCUT2D eigenvalue weighted by Gasteiger charge is 2.33. The molecule has 1 saturated heterocycles. The van der Waals surface area contributed by atoms with E-state index in [1.54, 1.807) is 12.1 Å². The van der Waals surface area contributed by atoms with E-state index in [9.17, 15) is 4.79 Å². The molecule has 1 heterocycles. The molecule has 168 valence electrons. The number of nitrogens with zero attached hydrogens (tertiary/aromatic N) is 1. The number of rotatable bonds is 5. The molecule has 7 heteroatoms. The van der Waals surface area contributed by atoms with Crippen molar-refractivity contribution in [1.82, 2.24) is 0 Å². The molecule has 0 atom stereocenters. The predicted octanol–water partition coefficient (Wildman–Crippen LogP) is 8.24. The fourth-order valence-electron chi connectivity index (χ4n) is 3.76. The molecule has 0 radical (unpaired) electrons. The fourth-order valence-corrected chi connectivity index (χ4v) is 5.47. The molecule has 1 aliphatic rings. The first kappa shape index (κ1) is 23.1. The van der Waals surface area contributed by atoms with Gasteiger partial charge < -0.3 is 4.74 Å². The quantitative estimate of drug-likeness (QED) is 0.180. The average Bonchev–Trinajstić information content (AvgIpc) is 3.13. The van der Waals surface area contributed by atoms with E-state index < -0.39 is 0 Å². The van der Waals surface area contributed by atoms with E-state index in [2.05, 4.69) is 40.2 Å². The van der Waals surface area contributed by atoms with Gasteiger partial charge in [0.25, 0.3) is 5.91 Å². The molecule has 34 heavy (non-hydrogen) atoms. The van der Waals surface area contributed by atoms with Crippen molar-refractivity contribution in [2.45, 2.75) is 6.61 Å². The van der Waals surface area contributed by atoms with Gasteiger partial charge in [0.1, 0.15) is 12.4 Å². The second-order valence-corrected chi connectivity index (χ2v) is 10.5. The van der Waals surface area contributed by atoms with E-state index in [-0.39, 0.29) is 5.91 Å². The first-order valence-electron chi connectivity index (χ1n) is 10.4. The van der Waals surface area contributed by atoms with Crippen LogP contribution in [0.25, 0.3) is 16.8 Å². The molecule has 4 aromatic rings. The normalized spacial score (nSPS) is 14.9. The molecule has 3 nitrogen and oxygen atoms in total. The summed E-state index contributed by atoms with van der Waals surface area (Å²) in [6.45, 7) is 0.421. The smallest absolute Gasteiger partial charge is 0.270 e. The van der Waals surface area contributed by atoms with Crippen molar-refractivity contribution < 1.29 is 9.53 Å². The summed E-state index contributed by atoms with van der Waals surface area (Å²) in [5, 5.41) is 2.85. The highest BCUT2D eigenvalue weighted by Crippen LogP contribution is 2.39. The van der Waals surface area contributed by atoms with Crippen LogP contribution in [-0.4, -0.2) is 10.2 Å². The van der Waals surface area contributed by atoms with Crippen molar-refractivity contribution in [3.63, 3.8) is 0 Å². The molecule has 0 spiro atoms. The molecule has 0 aliphatic carbocycles. The highest BCUT2D eigenvalue weighted by molar-refractivity contribution is 9.10. The lowest BCUT2D eigenvalue weighted by molar-refractivity contribution is -0.113. The first-order valence-corrected chi connectivity index (χ1v) is 12.8. The number of halogens is 2. The van der Waals surface area contributed by atoms with Crippen LogP contribution >= 0.6 is 51.5 Å². The third-order valence-electron chi connectivity index (χ3n) is 5.42. The van der Waals surface area contributed by atoms with E-state index in [1.807, 2.05) is 54.6 Å². The van der Waals surface area contributed by atoms with Gasteiger partial charge in [0.15, 0.2) is 4.32 Å². The van der Waals surface area contributed by atoms with Crippen LogP contribution in [0.15, 0.2) is 94.3 Å². The number of benzene rings is 4. The van der Waals surface area contributed by atoms with Crippen molar-refractivity contribution in [2.75, 3.05) is 4.90 Å². The third kappa shape index (κ3) is 4.64. The Bertz CT molecular complexity index is 1460. The molecule has 1 aliphatic heterocycles. The standard InChI is InChI=1S/C27H17BrClNO2S2/c28-22-13-12-20(15-23(22)29)30-26(31)25(34-27(30)33)14-18-7-2-4-11-24(18)32-16-19-9-5-8-17-6-1-3-10-21(17)19/h1-15H,16H2/b25-14+. The SMILES string of the molecule is O=C1/C(=C\c2ccccc2OCc2cccc3ccccc23)SC(=S)N1c1ccc(Br)c(Cl)c1. The first-order chi connectivity index (χ1) is 16.5. The summed E-state index contributed by atoms with van der Waals surface area (Å²) in [4.78, 5) is 15.2. The van der Waals surface area contributed by atoms with E-state index in [0.717, 1.165) is 21.0 Å². The minimum absolute atomic E-state index is 0.183. The van der Waals surface area contributed by atoms with Crippen LogP contribution in [0.1, 0.15) is 11.1 Å². The lowest BCUT2D eigenvalue weighted by atomic mass is 10.1. The maximum absolute atomic E-state index is 13.2. The zero-order valence-electron chi connectivity index (χ0n) is 17.7. The molecule has 0 N–H and O–H groups in total. The number of anilines is 1. The van der Waals surface area contributed by atoms with E-state index in [4.69, 9.17) is 28.6 Å². The molecule has 0 bridgehead atoms. The summed E-state index contributed by atoms with van der Waals surface area (Å²) in [7, 11) is 0. The second kappa shape index (κ2) is 9.92. The Morgan fingerprint density at radius 3 is 2.62 bits per heavy atom. The molecule has 1 fully saturated rings. The number of carbonyl (C=O) groups is 1. The summed E-state index contributed by atoms with van der Waals surface area (Å²) in [5.74, 6) is 0.518. The molecule has 1 amide bonds. The summed E-state index contributed by atoms with van der Waals surface area (Å²) in [6, 6.07) is 27.5. The van der Waals surface area contributed by atoms with E-state index in [0.29, 0.717) is 32.3 Å². The topological polar surface area (TPSA) is 29.5 Å². The van der Waals surface area contributed by atoms with Crippen LogP contribution < -0.4 is 9.64 Å². The Labute approximate surface area is 220 Å². The van der Waals surface area contributed by atoms with E-state index >= 15 is 0 Å². The zero-order chi connectivity index (χ0) is 23.7. The minimum Gasteiger partial charge on any atom is -0.488 e. The Kier molecular flexibility index (Phi) is 6.75. The number of ether oxygens (including phenoxy) is 1. The number of thiocarbonyl (C=S) groups is 1. The minimum atomic E-state index is -0.183. The van der Waals surface area contributed by atoms with Gasteiger partial charge in [-0.3, -0.25) is 9.69 Å². The molecular weight excluding hydrogens is 550 g/mol. The molecule has 0 unspecified atom stereocenters. The van der Waals surface area contributed by atoms with Crippen molar-refractivity contribution in [3.8, 4) is 5.75 Å². The van der Waals surface area contributed by atoms with Gasteiger partial charge in [-0.2, -0.15) is 0 Å². The number of amides is 1. The molecule has 0 saturated carbocycles. The zero-order valence-corrected chi connectivity index (χ0v) is 21.7. The van der Waals surface area contributed by atoms with Gasteiger partial charge in [-0.1, -0.05) is 96.2 Å². The van der Waals surface area contributed by atoms with Crippen LogP contribution in [0.5, 0.6) is 5.75 Å².